The molecule has 2 heterocycles. The van der Waals surface area contributed by atoms with Crippen LogP contribution < -0.4 is 10.3 Å². The fourth-order valence-corrected chi connectivity index (χ4v) is 3.35. The maximum Gasteiger partial charge on any atom is 0.311 e. The van der Waals surface area contributed by atoms with Crippen LogP contribution in [0.3, 0.4) is 0 Å². The largest absolute Gasteiger partial charge is 0.423 e. The minimum Gasteiger partial charge on any atom is -0.423 e. The number of rotatable bonds is 7. The van der Waals surface area contributed by atoms with Gasteiger partial charge in [0.15, 0.2) is 11.6 Å². The fourth-order valence-electron chi connectivity index (χ4n) is 3.35. The molecule has 0 aliphatic heterocycles. The van der Waals surface area contributed by atoms with Gasteiger partial charge in [-0.05, 0) is 36.2 Å². The van der Waals surface area contributed by atoms with Gasteiger partial charge in [0.2, 0.25) is 0 Å². The van der Waals surface area contributed by atoms with E-state index in [-0.39, 0.29) is 18.1 Å². The van der Waals surface area contributed by atoms with E-state index in [2.05, 4.69) is 21.1 Å². The van der Waals surface area contributed by atoms with Crippen LogP contribution in [0.1, 0.15) is 30.9 Å². The standard InChI is InChI=1S/C26H21N5O3/c1-2-5-25(33)34-22-15-28-26(29-16-22)21-9-4-7-19(13-21)17-31-24(32)11-10-23(30-31)20-8-3-6-18(12-20)14-27/h3-4,6-13,15-16H,2,5,17H2,1H3. The molecule has 0 saturated heterocycles. The van der Waals surface area contributed by atoms with Crippen LogP contribution in [-0.4, -0.2) is 25.7 Å². The number of benzene rings is 2. The van der Waals surface area contributed by atoms with Crippen molar-refractivity contribution in [1.82, 2.24) is 19.7 Å². The van der Waals surface area contributed by atoms with Gasteiger partial charge in [-0.25, -0.2) is 14.6 Å². The summed E-state index contributed by atoms with van der Waals surface area (Å²) >= 11 is 0. The summed E-state index contributed by atoms with van der Waals surface area (Å²) in [5.41, 5.74) is 3.25. The maximum absolute atomic E-state index is 12.4. The van der Waals surface area contributed by atoms with Crippen LogP contribution in [0.25, 0.3) is 22.6 Å². The molecule has 0 atom stereocenters. The van der Waals surface area contributed by atoms with Gasteiger partial charge in [0.05, 0.1) is 36.3 Å². The van der Waals surface area contributed by atoms with Crippen molar-refractivity contribution in [1.29, 1.82) is 5.26 Å². The Morgan fingerprint density at radius 2 is 1.79 bits per heavy atom. The van der Waals surface area contributed by atoms with Gasteiger partial charge >= 0.3 is 5.97 Å². The molecule has 0 aliphatic rings. The van der Waals surface area contributed by atoms with Crippen LogP contribution in [0, 0.1) is 11.3 Å². The normalized spacial score (nSPS) is 10.5. The van der Waals surface area contributed by atoms with Crippen molar-refractivity contribution in [2.45, 2.75) is 26.3 Å². The summed E-state index contributed by atoms with van der Waals surface area (Å²) < 4.78 is 6.58. The molecule has 4 aromatic rings. The monoisotopic (exact) mass is 451 g/mol. The number of nitriles is 1. The van der Waals surface area contributed by atoms with Gasteiger partial charge in [0, 0.05) is 23.6 Å². The second-order valence-corrected chi connectivity index (χ2v) is 7.57. The molecule has 0 bridgehead atoms. The highest BCUT2D eigenvalue weighted by atomic mass is 16.5. The van der Waals surface area contributed by atoms with Crippen molar-refractivity contribution in [2.75, 3.05) is 0 Å². The van der Waals surface area contributed by atoms with Crippen LogP contribution >= 0.6 is 0 Å². The predicted octanol–water partition coefficient (Wildman–Crippen LogP) is 3.99. The van der Waals surface area contributed by atoms with Gasteiger partial charge in [0.25, 0.3) is 5.56 Å². The molecule has 0 unspecified atom stereocenters. The zero-order valence-electron chi connectivity index (χ0n) is 18.5. The summed E-state index contributed by atoms with van der Waals surface area (Å²) in [6.45, 7) is 2.16. The molecule has 4 rings (SSSR count). The van der Waals surface area contributed by atoms with Crippen LogP contribution in [0.4, 0.5) is 0 Å². The van der Waals surface area contributed by atoms with Gasteiger partial charge in [-0.2, -0.15) is 10.4 Å². The highest BCUT2D eigenvalue weighted by Gasteiger charge is 2.09. The van der Waals surface area contributed by atoms with E-state index in [4.69, 9.17) is 10.00 Å². The molecule has 0 saturated carbocycles. The van der Waals surface area contributed by atoms with Crippen molar-refractivity contribution in [3.63, 3.8) is 0 Å². The maximum atomic E-state index is 12.4. The first kappa shape index (κ1) is 22.6. The Morgan fingerprint density at radius 3 is 2.56 bits per heavy atom. The predicted molar refractivity (Wildman–Crippen MR) is 126 cm³/mol. The molecule has 0 N–H and O–H groups in total. The first-order valence-corrected chi connectivity index (χ1v) is 10.8. The lowest BCUT2D eigenvalue weighted by Gasteiger charge is -2.09. The molecule has 0 aliphatic carbocycles. The van der Waals surface area contributed by atoms with Crippen molar-refractivity contribution in [3.05, 3.63) is 94.5 Å². The molecule has 0 amide bonds. The Hall–Kier alpha value is -4.64. The minimum atomic E-state index is -0.319. The lowest BCUT2D eigenvalue weighted by Crippen LogP contribution is -2.22. The number of aromatic nitrogens is 4. The van der Waals surface area contributed by atoms with E-state index in [9.17, 15) is 9.59 Å². The minimum absolute atomic E-state index is 0.236. The summed E-state index contributed by atoms with van der Waals surface area (Å²) in [4.78, 5) is 32.7. The Balaban J connectivity index is 1.55. The summed E-state index contributed by atoms with van der Waals surface area (Å²) in [5.74, 6) is 0.450. The third-order valence-corrected chi connectivity index (χ3v) is 4.99. The van der Waals surface area contributed by atoms with E-state index in [1.54, 1.807) is 24.3 Å². The average molecular weight is 451 g/mol. The highest BCUT2D eigenvalue weighted by Crippen LogP contribution is 2.20. The molecule has 0 spiro atoms. The number of carbonyl (C=O) groups excluding carboxylic acids is 1. The Bertz CT molecular complexity index is 1420. The third kappa shape index (κ3) is 5.40. The van der Waals surface area contributed by atoms with Crippen LogP contribution in [0.15, 0.2) is 77.9 Å². The second-order valence-electron chi connectivity index (χ2n) is 7.57. The van der Waals surface area contributed by atoms with E-state index < -0.39 is 0 Å². The quantitative estimate of drug-likeness (QED) is 0.391. The molecule has 0 fully saturated rings. The first-order valence-electron chi connectivity index (χ1n) is 10.8. The number of hydrogen-bond acceptors (Lipinski definition) is 7. The number of hydrogen-bond donors (Lipinski definition) is 0. The van der Waals surface area contributed by atoms with E-state index in [1.165, 1.54) is 23.1 Å². The molecular formula is C26H21N5O3. The smallest absolute Gasteiger partial charge is 0.311 e. The molecule has 34 heavy (non-hydrogen) atoms. The van der Waals surface area contributed by atoms with Gasteiger partial charge < -0.3 is 4.74 Å². The average Bonchev–Trinajstić information content (AvgIpc) is 2.86. The summed E-state index contributed by atoms with van der Waals surface area (Å²) in [6, 6.07) is 19.8. The number of nitrogens with zero attached hydrogens (tertiary/aromatic N) is 5. The molecule has 2 aromatic carbocycles. The van der Waals surface area contributed by atoms with E-state index in [1.807, 2.05) is 37.3 Å². The Labute approximate surface area is 196 Å². The van der Waals surface area contributed by atoms with E-state index in [0.717, 1.165) is 16.7 Å². The fraction of sp³-hybridized carbons (Fsp3) is 0.154. The number of carbonyl (C=O) groups is 1. The lowest BCUT2D eigenvalue weighted by molar-refractivity contribution is -0.134. The van der Waals surface area contributed by atoms with Gasteiger partial charge in [-0.1, -0.05) is 37.3 Å². The van der Waals surface area contributed by atoms with Crippen LogP contribution in [0.5, 0.6) is 5.75 Å². The van der Waals surface area contributed by atoms with Gasteiger partial charge in [-0.15, -0.1) is 0 Å². The molecule has 2 aromatic heterocycles. The SMILES string of the molecule is CCCC(=O)Oc1cnc(-c2cccc(Cn3nc(-c4cccc(C#N)c4)ccc3=O)c2)nc1. The van der Waals surface area contributed by atoms with E-state index >= 15 is 0 Å². The molecule has 8 nitrogen and oxygen atoms in total. The van der Waals surface area contributed by atoms with E-state index in [0.29, 0.717) is 35.7 Å². The number of esters is 1. The highest BCUT2D eigenvalue weighted by molar-refractivity contribution is 5.72. The molecule has 8 heteroatoms. The van der Waals surface area contributed by atoms with Gasteiger partial charge in [-0.3, -0.25) is 9.59 Å². The number of ether oxygens (including phenoxy) is 1. The Morgan fingerprint density at radius 1 is 1.03 bits per heavy atom. The van der Waals surface area contributed by atoms with Crippen molar-refractivity contribution < 1.29 is 9.53 Å². The van der Waals surface area contributed by atoms with Crippen molar-refractivity contribution >= 4 is 5.97 Å². The summed E-state index contributed by atoms with van der Waals surface area (Å²) in [6.07, 6.45) is 3.97. The van der Waals surface area contributed by atoms with Crippen molar-refractivity contribution in [3.8, 4) is 34.5 Å². The zero-order valence-corrected chi connectivity index (χ0v) is 18.5. The lowest BCUT2D eigenvalue weighted by atomic mass is 10.1. The van der Waals surface area contributed by atoms with Crippen molar-refractivity contribution in [2.24, 2.45) is 0 Å². The van der Waals surface area contributed by atoms with Crippen LogP contribution in [-0.2, 0) is 11.3 Å². The third-order valence-electron chi connectivity index (χ3n) is 4.99. The van der Waals surface area contributed by atoms with Gasteiger partial charge in [0.1, 0.15) is 0 Å². The van der Waals surface area contributed by atoms with Crippen LogP contribution in [0.2, 0.25) is 0 Å². The second kappa shape index (κ2) is 10.3. The topological polar surface area (TPSA) is 111 Å². The Kier molecular flexibility index (Phi) is 6.84. The summed E-state index contributed by atoms with van der Waals surface area (Å²) in [5, 5.41) is 13.6. The molecular weight excluding hydrogens is 430 g/mol. The summed E-state index contributed by atoms with van der Waals surface area (Å²) in [7, 11) is 0. The molecule has 168 valence electrons. The first-order chi connectivity index (χ1) is 16.6. The molecule has 0 radical (unpaired) electrons. The zero-order chi connectivity index (χ0) is 23.9.